The van der Waals surface area contributed by atoms with E-state index >= 15 is 0 Å². The number of nitrogens with two attached hydrogens (primary N) is 1. The number of hydrogen-bond donors (Lipinski definition) is 2. The molecule has 0 atom stereocenters. The van der Waals surface area contributed by atoms with Crippen molar-refractivity contribution in [1.82, 2.24) is 14.5 Å². The molecule has 0 aliphatic carbocycles. The second-order valence-corrected chi connectivity index (χ2v) is 5.95. The smallest absolute Gasteiger partial charge is 0.243 e. The predicted octanol–water partition coefficient (Wildman–Crippen LogP) is 0.700. The lowest BCUT2D eigenvalue weighted by Crippen LogP contribution is -2.24. The van der Waals surface area contributed by atoms with Gasteiger partial charge < -0.3 is 5.73 Å². The lowest BCUT2D eigenvalue weighted by molar-refractivity contribution is 0.572. The number of unbranched alkanes of at least 4 members (excludes halogenated alkanes) is 2. The van der Waals surface area contributed by atoms with Crippen molar-refractivity contribution in [1.29, 1.82) is 0 Å². The monoisotopic (exact) mass is 274 g/mol. The summed E-state index contributed by atoms with van der Waals surface area (Å²) in [4.78, 5) is 0.219. The van der Waals surface area contributed by atoms with Gasteiger partial charge in [-0.25, -0.2) is 13.1 Å². The Balaban J connectivity index is 2.53. The van der Waals surface area contributed by atoms with E-state index < -0.39 is 10.0 Å². The topological polar surface area (TPSA) is 90.0 Å². The van der Waals surface area contributed by atoms with Gasteiger partial charge in [0.25, 0.3) is 0 Å². The van der Waals surface area contributed by atoms with Gasteiger partial charge in [-0.3, -0.25) is 4.68 Å². The van der Waals surface area contributed by atoms with Crippen LogP contribution in [0.3, 0.4) is 0 Å². The molecule has 18 heavy (non-hydrogen) atoms. The summed E-state index contributed by atoms with van der Waals surface area (Å²) in [7, 11) is -3.41. The molecule has 0 radical (unpaired) electrons. The Labute approximate surface area is 109 Å². The third-order valence-electron chi connectivity index (χ3n) is 2.58. The van der Waals surface area contributed by atoms with Gasteiger partial charge in [0.05, 0.1) is 6.20 Å². The van der Waals surface area contributed by atoms with E-state index in [1.807, 2.05) is 0 Å². The quantitative estimate of drug-likeness (QED) is 0.649. The molecule has 0 saturated heterocycles. The first kappa shape index (κ1) is 15.1. The van der Waals surface area contributed by atoms with Crippen LogP contribution in [-0.4, -0.2) is 31.3 Å². The first-order chi connectivity index (χ1) is 8.60. The molecule has 0 bridgehead atoms. The molecular weight excluding hydrogens is 252 g/mol. The predicted molar refractivity (Wildman–Crippen MR) is 70.6 cm³/mol. The van der Waals surface area contributed by atoms with Gasteiger partial charge in [0, 0.05) is 19.3 Å². The second-order valence-electron chi connectivity index (χ2n) is 4.19. The Kier molecular flexibility index (Phi) is 6.31. The number of nitrogens with zero attached hydrogens (tertiary/aromatic N) is 2. The highest BCUT2D eigenvalue weighted by Gasteiger charge is 2.15. The van der Waals surface area contributed by atoms with Gasteiger partial charge in [-0.2, -0.15) is 5.10 Å². The number of sulfonamides is 1. The van der Waals surface area contributed by atoms with E-state index in [4.69, 9.17) is 5.73 Å². The maximum absolute atomic E-state index is 11.9. The number of aryl methyl sites for hydroxylation is 1. The van der Waals surface area contributed by atoms with Crippen molar-refractivity contribution in [3.8, 4) is 0 Å². The Morgan fingerprint density at radius 3 is 2.83 bits per heavy atom. The lowest BCUT2D eigenvalue weighted by Gasteiger charge is -2.03. The molecule has 0 unspecified atom stereocenters. The summed E-state index contributed by atoms with van der Waals surface area (Å²) in [5.41, 5.74) is 5.39. The fourth-order valence-corrected chi connectivity index (χ4v) is 2.55. The third kappa shape index (κ3) is 4.75. The molecular formula is C11H22N4O2S. The molecule has 1 aromatic rings. The third-order valence-corrected chi connectivity index (χ3v) is 4.00. The van der Waals surface area contributed by atoms with Crippen LogP contribution in [0.25, 0.3) is 0 Å². The standard InChI is InChI=1S/C11H22N4O2S/c1-2-3-4-7-14-18(16,17)11-9-13-15(10-11)8-5-6-12/h9-10,14H,2-8,12H2,1H3. The largest absolute Gasteiger partial charge is 0.330 e. The number of aromatic nitrogens is 2. The molecule has 0 aliphatic rings. The van der Waals surface area contributed by atoms with E-state index in [1.165, 1.54) is 12.4 Å². The molecule has 0 amide bonds. The summed E-state index contributed by atoms with van der Waals surface area (Å²) in [6, 6.07) is 0. The van der Waals surface area contributed by atoms with Gasteiger partial charge in [0.1, 0.15) is 4.90 Å². The van der Waals surface area contributed by atoms with Gasteiger partial charge in [0.2, 0.25) is 10.0 Å². The van der Waals surface area contributed by atoms with Crippen LogP contribution >= 0.6 is 0 Å². The first-order valence-corrected chi connectivity index (χ1v) is 7.80. The van der Waals surface area contributed by atoms with Crippen molar-refractivity contribution < 1.29 is 8.42 Å². The highest BCUT2D eigenvalue weighted by Crippen LogP contribution is 2.07. The van der Waals surface area contributed by atoms with Gasteiger partial charge in [0.15, 0.2) is 0 Å². The van der Waals surface area contributed by atoms with Gasteiger partial charge in [-0.15, -0.1) is 0 Å². The van der Waals surface area contributed by atoms with Crippen molar-refractivity contribution in [2.75, 3.05) is 13.1 Å². The van der Waals surface area contributed by atoms with Crippen molar-refractivity contribution in [3.63, 3.8) is 0 Å². The lowest BCUT2D eigenvalue weighted by atomic mass is 10.3. The average molecular weight is 274 g/mol. The van der Waals surface area contributed by atoms with Crippen LogP contribution in [0.1, 0.15) is 32.6 Å². The number of rotatable bonds is 9. The van der Waals surface area contributed by atoms with Crippen LogP contribution < -0.4 is 10.5 Å². The summed E-state index contributed by atoms with van der Waals surface area (Å²) in [6.45, 7) is 3.76. The minimum Gasteiger partial charge on any atom is -0.330 e. The highest BCUT2D eigenvalue weighted by molar-refractivity contribution is 7.89. The zero-order valence-corrected chi connectivity index (χ0v) is 11.6. The van der Waals surface area contributed by atoms with Crippen LogP contribution in [0.2, 0.25) is 0 Å². The van der Waals surface area contributed by atoms with Crippen molar-refractivity contribution >= 4 is 10.0 Å². The Morgan fingerprint density at radius 1 is 1.39 bits per heavy atom. The van der Waals surface area contributed by atoms with Gasteiger partial charge in [-0.1, -0.05) is 19.8 Å². The van der Waals surface area contributed by atoms with Crippen LogP contribution in [0.15, 0.2) is 17.3 Å². The molecule has 3 N–H and O–H groups in total. The molecule has 1 heterocycles. The van der Waals surface area contributed by atoms with Crippen LogP contribution in [0.5, 0.6) is 0 Å². The molecule has 1 rings (SSSR count). The molecule has 1 aromatic heterocycles. The Bertz CT molecular complexity index is 442. The summed E-state index contributed by atoms with van der Waals surface area (Å²) in [5.74, 6) is 0. The van der Waals surface area contributed by atoms with Gasteiger partial charge in [-0.05, 0) is 19.4 Å². The van der Waals surface area contributed by atoms with Crippen molar-refractivity contribution in [2.45, 2.75) is 44.0 Å². The van der Waals surface area contributed by atoms with E-state index in [1.54, 1.807) is 4.68 Å². The van der Waals surface area contributed by atoms with Crippen LogP contribution in [-0.2, 0) is 16.6 Å². The summed E-state index contributed by atoms with van der Waals surface area (Å²) in [5, 5.41) is 4.01. The minimum atomic E-state index is -3.41. The fourth-order valence-electron chi connectivity index (χ4n) is 1.52. The molecule has 0 fully saturated rings. The zero-order valence-electron chi connectivity index (χ0n) is 10.8. The maximum atomic E-state index is 11.9. The van der Waals surface area contributed by atoms with Crippen molar-refractivity contribution in [2.24, 2.45) is 5.73 Å². The maximum Gasteiger partial charge on any atom is 0.243 e. The summed E-state index contributed by atoms with van der Waals surface area (Å²) < 4.78 is 28.0. The molecule has 0 aromatic carbocycles. The zero-order chi connectivity index (χ0) is 13.4. The van der Waals surface area contributed by atoms with E-state index in [-0.39, 0.29) is 4.90 Å². The van der Waals surface area contributed by atoms with E-state index in [0.717, 1.165) is 25.7 Å². The second kappa shape index (κ2) is 7.50. The van der Waals surface area contributed by atoms with Crippen molar-refractivity contribution in [3.05, 3.63) is 12.4 Å². The normalized spacial score (nSPS) is 11.9. The van der Waals surface area contributed by atoms with E-state index in [0.29, 0.717) is 19.6 Å². The average Bonchev–Trinajstić information content (AvgIpc) is 2.81. The fraction of sp³-hybridized carbons (Fsp3) is 0.727. The molecule has 0 saturated carbocycles. The van der Waals surface area contributed by atoms with Crippen LogP contribution in [0.4, 0.5) is 0 Å². The summed E-state index contributed by atoms with van der Waals surface area (Å²) in [6.07, 6.45) is 6.65. The minimum absolute atomic E-state index is 0.219. The number of nitrogens with one attached hydrogen (secondary N) is 1. The first-order valence-electron chi connectivity index (χ1n) is 6.32. The van der Waals surface area contributed by atoms with Gasteiger partial charge >= 0.3 is 0 Å². The Hall–Kier alpha value is -0.920. The molecule has 0 spiro atoms. The van der Waals surface area contributed by atoms with E-state index in [9.17, 15) is 8.42 Å². The SMILES string of the molecule is CCCCCNS(=O)(=O)c1cnn(CCCN)c1. The summed E-state index contributed by atoms with van der Waals surface area (Å²) >= 11 is 0. The number of hydrogen-bond acceptors (Lipinski definition) is 4. The molecule has 104 valence electrons. The van der Waals surface area contributed by atoms with Crippen LogP contribution in [0, 0.1) is 0 Å². The molecule has 0 aliphatic heterocycles. The molecule has 6 nitrogen and oxygen atoms in total. The Morgan fingerprint density at radius 2 is 2.17 bits per heavy atom. The van der Waals surface area contributed by atoms with E-state index in [2.05, 4.69) is 16.7 Å². The molecule has 7 heteroatoms. The highest BCUT2D eigenvalue weighted by atomic mass is 32.2.